The Morgan fingerprint density at radius 1 is 1.25 bits per heavy atom. The summed E-state index contributed by atoms with van der Waals surface area (Å²) in [5, 5.41) is 20.1. The van der Waals surface area contributed by atoms with Crippen molar-refractivity contribution in [1.82, 2.24) is 5.32 Å². The number of esters is 1. The number of aliphatic carboxylic acids is 1. The fourth-order valence-corrected chi connectivity index (χ4v) is 1.84. The van der Waals surface area contributed by atoms with Gasteiger partial charge in [0.15, 0.2) is 5.92 Å². The van der Waals surface area contributed by atoms with E-state index in [1.165, 1.54) is 0 Å². The van der Waals surface area contributed by atoms with Gasteiger partial charge in [-0.2, -0.15) is 0 Å². The second-order valence-electron chi connectivity index (χ2n) is 4.81. The van der Waals surface area contributed by atoms with Crippen molar-refractivity contribution in [3.8, 4) is 11.8 Å². The number of aliphatic hydroxyl groups excluding tert-OH is 1. The van der Waals surface area contributed by atoms with E-state index in [4.69, 9.17) is 10.2 Å². The van der Waals surface area contributed by atoms with Crippen LogP contribution in [0.3, 0.4) is 0 Å². The summed E-state index contributed by atoms with van der Waals surface area (Å²) in [7, 11) is 1.11. The Kier molecular flexibility index (Phi) is 8.02. The minimum atomic E-state index is -1.31. The number of methoxy groups -OCH3 is 1. The lowest BCUT2D eigenvalue weighted by molar-refractivity contribution is -0.156. The van der Waals surface area contributed by atoms with E-state index < -0.39 is 17.9 Å². The first-order chi connectivity index (χ1) is 11.5. The van der Waals surface area contributed by atoms with E-state index in [9.17, 15) is 14.4 Å². The third-order valence-electron chi connectivity index (χ3n) is 3.12. The van der Waals surface area contributed by atoms with Crippen molar-refractivity contribution in [2.24, 2.45) is 5.92 Å². The number of carboxylic acids is 1. The molecule has 0 bridgehead atoms. The molecule has 0 aliphatic carbocycles. The highest BCUT2D eigenvalue weighted by atomic mass is 16.5. The molecule has 128 valence electrons. The maximum Gasteiger partial charge on any atom is 0.320 e. The first-order valence-electron chi connectivity index (χ1n) is 7.28. The van der Waals surface area contributed by atoms with Gasteiger partial charge in [0.05, 0.1) is 13.7 Å². The van der Waals surface area contributed by atoms with Crippen LogP contribution in [-0.2, 0) is 14.3 Å². The van der Waals surface area contributed by atoms with Gasteiger partial charge in [0.2, 0.25) is 0 Å². The van der Waals surface area contributed by atoms with E-state index in [2.05, 4.69) is 21.9 Å². The predicted octanol–water partition coefficient (Wildman–Crippen LogP) is 0.414. The van der Waals surface area contributed by atoms with Gasteiger partial charge in [-0.05, 0) is 30.7 Å². The fraction of sp³-hybridized carbons (Fsp3) is 0.353. The molecule has 0 aliphatic heterocycles. The number of carbonyl (C=O) groups is 3. The van der Waals surface area contributed by atoms with Gasteiger partial charge in [-0.1, -0.05) is 11.8 Å². The summed E-state index contributed by atoms with van der Waals surface area (Å²) in [6.07, 6.45) is 0.325. The van der Waals surface area contributed by atoms with Gasteiger partial charge >= 0.3 is 11.9 Å². The van der Waals surface area contributed by atoms with Crippen molar-refractivity contribution in [2.75, 3.05) is 20.3 Å². The average molecular weight is 333 g/mol. The number of ether oxygens (including phenoxy) is 1. The number of amides is 1. The van der Waals surface area contributed by atoms with Gasteiger partial charge in [0.1, 0.15) is 0 Å². The quantitative estimate of drug-likeness (QED) is 0.378. The topological polar surface area (TPSA) is 113 Å². The van der Waals surface area contributed by atoms with Crippen LogP contribution in [0, 0.1) is 17.8 Å². The van der Waals surface area contributed by atoms with E-state index in [0.29, 0.717) is 12.0 Å². The summed E-state index contributed by atoms with van der Waals surface area (Å²) < 4.78 is 4.41. The van der Waals surface area contributed by atoms with Gasteiger partial charge in [-0.15, -0.1) is 0 Å². The summed E-state index contributed by atoms with van der Waals surface area (Å²) in [5.74, 6) is 1.80. The number of benzene rings is 1. The van der Waals surface area contributed by atoms with Crippen molar-refractivity contribution in [3.63, 3.8) is 0 Å². The smallest absolute Gasteiger partial charge is 0.320 e. The van der Waals surface area contributed by atoms with Crippen molar-refractivity contribution in [2.45, 2.75) is 12.8 Å². The van der Waals surface area contributed by atoms with Gasteiger partial charge in [0, 0.05) is 24.1 Å². The van der Waals surface area contributed by atoms with E-state index >= 15 is 0 Å². The molecule has 0 saturated heterocycles. The molecule has 0 radical (unpaired) electrons. The predicted molar refractivity (Wildman–Crippen MR) is 85.1 cm³/mol. The standard InChI is InChI=1S/C17H19NO6/c1-24-17(23)14(16(21)22)9-10-18-15(20)13-7-5-12(6-8-13)4-2-3-11-19/h5-8,14,19H,3,9-11H2,1H3,(H,18,20)(H,21,22)/t14-/m0/s1. The fourth-order valence-electron chi connectivity index (χ4n) is 1.84. The monoisotopic (exact) mass is 333 g/mol. The normalized spacial score (nSPS) is 10.9. The van der Waals surface area contributed by atoms with E-state index in [1.807, 2.05) is 0 Å². The zero-order valence-corrected chi connectivity index (χ0v) is 13.2. The van der Waals surface area contributed by atoms with Crippen LogP contribution in [0.2, 0.25) is 0 Å². The number of hydrogen-bond acceptors (Lipinski definition) is 5. The molecule has 0 heterocycles. The lowest BCUT2D eigenvalue weighted by atomic mass is 10.1. The van der Waals surface area contributed by atoms with Crippen LogP contribution in [0.1, 0.15) is 28.8 Å². The molecule has 0 aromatic heterocycles. The molecule has 1 rings (SSSR count). The van der Waals surface area contributed by atoms with Gasteiger partial charge in [-0.3, -0.25) is 14.4 Å². The minimum Gasteiger partial charge on any atom is -0.481 e. The summed E-state index contributed by atoms with van der Waals surface area (Å²) >= 11 is 0. The van der Waals surface area contributed by atoms with Crippen molar-refractivity contribution >= 4 is 17.8 Å². The molecule has 1 aromatic carbocycles. The molecule has 1 aromatic rings. The highest BCUT2D eigenvalue weighted by molar-refractivity contribution is 5.95. The summed E-state index contributed by atoms with van der Waals surface area (Å²) in [4.78, 5) is 34.2. The lowest BCUT2D eigenvalue weighted by Gasteiger charge is -2.10. The number of rotatable bonds is 7. The highest BCUT2D eigenvalue weighted by Gasteiger charge is 2.26. The number of carboxylic acid groups (broad SMARTS) is 1. The summed E-state index contributed by atoms with van der Waals surface area (Å²) in [5.41, 5.74) is 1.12. The molecule has 0 aliphatic rings. The Labute approximate surface area is 139 Å². The third kappa shape index (κ3) is 6.10. The van der Waals surface area contributed by atoms with Crippen LogP contribution in [0.25, 0.3) is 0 Å². The minimum absolute atomic E-state index is 0.00357. The zero-order chi connectivity index (χ0) is 17.9. The Balaban J connectivity index is 2.55. The number of nitrogens with one attached hydrogen (secondary N) is 1. The SMILES string of the molecule is COC(=O)[C@@H](CCNC(=O)c1ccc(C#CCCO)cc1)C(=O)O. The van der Waals surface area contributed by atoms with Gasteiger partial charge in [-0.25, -0.2) is 0 Å². The molecular formula is C17H19NO6. The molecular weight excluding hydrogens is 314 g/mol. The number of aliphatic hydroxyl groups is 1. The molecule has 7 heteroatoms. The molecule has 0 unspecified atom stereocenters. The summed E-state index contributed by atoms with van der Waals surface area (Å²) in [6.45, 7) is 0.0271. The first kappa shape index (κ1) is 19.2. The molecule has 1 amide bonds. The van der Waals surface area contributed by atoms with E-state index in [1.54, 1.807) is 24.3 Å². The largest absolute Gasteiger partial charge is 0.481 e. The Morgan fingerprint density at radius 2 is 1.92 bits per heavy atom. The molecule has 1 atom stereocenters. The number of hydrogen-bond donors (Lipinski definition) is 3. The van der Waals surface area contributed by atoms with Crippen LogP contribution in [0.15, 0.2) is 24.3 Å². The molecule has 0 spiro atoms. The Bertz CT molecular complexity index is 641. The van der Waals surface area contributed by atoms with Crippen molar-refractivity contribution in [3.05, 3.63) is 35.4 Å². The van der Waals surface area contributed by atoms with Crippen LogP contribution < -0.4 is 5.32 Å². The van der Waals surface area contributed by atoms with E-state index in [0.717, 1.165) is 12.7 Å². The van der Waals surface area contributed by atoms with E-state index in [-0.39, 0.29) is 25.5 Å². The second kappa shape index (κ2) is 10.0. The maximum atomic E-state index is 12.0. The van der Waals surface area contributed by atoms with Crippen LogP contribution in [0.5, 0.6) is 0 Å². The van der Waals surface area contributed by atoms with Crippen molar-refractivity contribution in [1.29, 1.82) is 0 Å². The second-order valence-corrected chi connectivity index (χ2v) is 4.81. The average Bonchev–Trinajstić information content (AvgIpc) is 2.58. The summed E-state index contributed by atoms with van der Waals surface area (Å²) in [6, 6.07) is 6.53. The molecule has 3 N–H and O–H groups in total. The molecule has 7 nitrogen and oxygen atoms in total. The first-order valence-corrected chi connectivity index (χ1v) is 7.28. The molecule has 0 fully saturated rings. The van der Waals surface area contributed by atoms with Crippen molar-refractivity contribution < 1.29 is 29.3 Å². The molecule has 0 saturated carbocycles. The Morgan fingerprint density at radius 3 is 2.46 bits per heavy atom. The lowest BCUT2D eigenvalue weighted by Crippen LogP contribution is -2.31. The van der Waals surface area contributed by atoms with Crippen LogP contribution in [-0.4, -0.2) is 48.3 Å². The zero-order valence-electron chi connectivity index (χ0n) is 13.2. The van der Waals surface area contributed by atoms with Gasteiger partial charge in [0.25, 0.3) is 5.91 Å². The number of carbonyl (C=O) groups excluding carboxylic acids is 2. The highest BCUT2D eigenvalue weighted by Crippen LogP contribution is 2.06. The maximum absolute atomic E-state index is 12.0. The van der Waals surface area contributed by atoms with Crippen LogP contribution >= 0.6 is 0 Å². The van der Waals surface area contributed by atoms with Gasteiger partial charge < -0.3 is 20.3 Å². The third-order valence-corrected chi connectivity index (χ3v) is 3.12. The Hall–Kier alpha value is -2.85. The molecule has 24 heavy (non-hydrogen) atoms. The van der Waals surface area contributed by atoms with Crippen LogP contribution in [0.4, 0.5) is 0 Å².